The van der Waals surface area contributed by atoms with Crippen LogP contribution in [-0.2, 0) is 6.54 Å². The Hall–Kier alpha value is -1.20. The van der Waals surface area contributed by atoms with Crippen molar-refractivity contribution in [2.45, 2.75) is 26.4 Å². The second kappa shape index (κ2) is 5.23. The molecule has 1 N–H and O–H groups in total. The second-order valence-electron chi connectivity index (χ2n) is 3.73. The molecule has 0 aliphatic carbocycles. The van der Waals surface area contributed by atoms with Gasteiger partial charge >= 0.3 is 0 Å². The molecule has 1 atom stereocenters. The summed E-state index contributed by atoms with van der Waals surface area (Å²) in [5.74, 6) is 0. The molecule has 2 aromatic rings. The number of rotatable bonds is 5. The molecule has 5 heteroatoms. The van der Waals surface area contributed by atoms with E-state index in [9.17, 15) is 0 Å². The average molecular weight is 236 g/mol. The number of aromatic nitrogens is 3. The molecule has 86 valence electrons. The van der Waals surface area contributed by atoms with Gasteiger partial charge < -0.3 is 5.32 Å². The van der Waals surface area contributed by atoms with Gasteiger partial charge in [-0.15, -0.1) is 11.3 Å². The molecule has 0 amide bonds. The Balaban J connectivity index is 1.78. The highest BCUT2D eigenvalue weighted by molar-refractivity contribution is 7.11. The Morgan fingerprint density at radius 2 is 2.44 bits per heavy atom. The standard InChI is InChI=1S/C11H16N4S/c1-9(11-8-13-10(2)16-11)12-5-7-15-6-3-4-14-15/h3-4,6,8-9,12H,5,7H2,1-2H3. The lowest BCUT2D eigenvalue weighted by molar-refractivity contribution is 0.511. The number of nitrogens with one attached hydrogen (secondary N) is 1. The van der Waals surface area contributed by atoms with Gasteiger partial charge in [0.1, 0.15) is 0 Å². The summed E-state index contributed by atoms with van der Waals surface area (Å²) < 4.78 is 1.93. The number of nitrogens with zero attached hydrogens (tertiary/aromatic N) is 3. The van der Waals surface area contributed by atoms with Crippen LogP contribution in [0, 0.1) is 6.92 Å². The van der Waals surface area contributed by atoms with Crippen LogP contribution >= 0.6 is 11.3 Å². The van der Waals surface area contributed by atoms with Crippen LogP contribution in [0.2, 0.25) is 0 Å². The maximum atomic E-state index is 4.26. The Bertz CT molecular complexity index is 421. The molecule has 0 saturated carbocycles. The molecule has 1 unspecified atom stereocenters. The lowest BCUT2D eigenvalue weighted by Gasteiger charge is -2.11. The highest BCUT2D eigenvalue weighted by atomic mass is 32.1. The van der Waals surface area contributed by atoms with E-state index in [1.807, 2.05) is 30.1 Å². The van der Waals surface area contributed by atoms with Gasteiger partial charge in [0.25, 0.3) is 0 Å². The first kappa shape index (κ1) is 11.3. The first-order valence-corrected chi connectivity index (χ1v) is 6.20. The van der Waals surface area contributed by atoms with E-state index < -0.39 is 0 Å². The topological polar surface area (TPSA) is 42.7 Å². The van der Waals surface area contributed by atoms with Gasteiger partial charge in [-0.1, -0.05) is 0 Å². The van der Waals surface area contributed by atoms with E-state index in [1.165, 1.54) is 4.88 Å². The Labute approximate surface area is 99.3 Å². The van der Waals surface area contributed by atoms with E-state index >= 15 is 0 Å². The number of hydrogen-bond acceptors (Lipinski definition) is 4. The zero-order chi connectivity index (χ0) is 11.4. The average Bonchev–Trinajstić information content (AvgIpc) is 2.89. The third-order valence-corrected chi connectivity index (χ3v) is 3.51. The first-order valence-electron chi connectivity index (χ1n) is 5.39. The molecule has 4 nitrogen and oxygen atoms in total. The Kier molecular flexibility index (Phi) is 3.69. The quantitative estimate of drug-likeness (QED) is 0.863. The minimum atomic E-state index is 0.363. The largest absolute Gasteiger partial charge is 0.308 e. The van der Waals surface area contributed by atoms with Crippen molar-refractivity contribution in [3.8, 4) is 0 Å². The minimum absolute atomic E-state index is 0.363. The summed E-state index contributed by atoms with van der Waals surface area (Å²) in [6.07, 6.45) is 5.73. The van der Waals surface area contributed by atoms with E-state index in [1.54, 1.807) is 17.5 Å². The van der Waals surface area contributed by atoms with Gasteiger partial charge in [0.2, 0.25) is 0 Å². The van der Waals surface area contributed by atoms with Crippen molar-refractivity contribution in [2.75, 3.05) is 6.54 Å². The lowest BCUT2D eigenvalue weighted by Crippen LogP contribution is -2.22. The van der Waals surface area contributed by atoms with Gasteiger partial charge in [0, 0.05) is 36.1 Å². The van der Waals surface area contributed by atoms with Gasteiger partial charge in [-0.05, 0) is 19.9 Å². The number of aryl methyl sites for hydroxylation is 1. The molecule has 2 aromatic heterocycles. The van der Waals surface area contributed by atoms with Crippen molar-refractivity contribution in [3.05, 3.63) is 34.5 Å². The van der Waals surface area contributed by atoms with Crippen LogP contribution in [0.3, 0.4) is 0 Å². The van der Waals surface area contributed by atoms with Crippen molar-refractivity contribution >= 4 is 11.3 Å². The van der Waals surface area contributed by atoms with Crippen LogP contribution in [-0.4, -0.2) is 21.3 Å². The minimum Gasteiger partial charge on any atom is -0.308 e. The van der Waals surface area contributed by atoms with E-state index in [0.29, 0.717) is 6.04 Å². The number of thiazole rings is 1. The molecule has 0 aromatic carbocycles. The summed E-state index contributed by atoms with van der Waals surface area (Å²) >= 11 is 1.75. The van der Waals surface area contributed by atoms with Crippen molar-refractivity contribution in [2.24, 2.45) is 0 Å². The predicted molar refractivity (Wildman–Crippen MR) is 65.5 cm³/mol. The fourth-order valence-corrected chi connectivity index (χ4v) is 2.32. The summed E-state index contributed by atoms with van der Waals surface area (Å²) in [5.41, 5.74) is 0. The van der Waals surface area contributed by atoms with Crippen LogP contribution < -0.4 is 5.32 Å². The second-order valence-corrected chi connectivity index (χ2v) is 4.99. The van der Waals surface area contributed by atoms with Gasteiger partial charge in [-0.2, -0.15) is 5.10 Å². The van der Waals surface area contributed by atoms with E-state index in [4.69, 9.17) is 0 Å². The monoisotopic (exact) mass is 236 g/mol. The summed E-state index contributed by atoms with van der Waals surface area (Å²) in [7, 11) is 0. The van der Waals surface area contributed by atoms with Gasteiger partial charge in [0.15, 0.2) is 0 Å². The van der Waals surface area contributed by atoms with Crippen LogP contribution in [0.1, 0.15) is 22.9 Å². The van der Waals surface area contributed by atoms with Gasteiger partial charge in [0.05, 0.1) is 11.6 Å². The first-order chi connectivity index (χ1) is 7.75. The van der Waals surface area contributed by atoms with E-state index in [2.05, 4.69) is 22.3 Å². The predicted octanol–water partition coefficient (Wildman–Crippen LogP) is 2.00. The fourth-order valence-electron chi connectivity index (χ4n) is 1.51. The summed E-state index contributed by atoms with van der Waals surface area (Å²) in [5, 5.41) is 8.74. The summed E-state index contributed by atoms with van der Waals surface area (Å²) in [6.45, 7) is 6.01. The molecule has 0 saturated heterocycles. The normalized spacial score (nSPS) is 12.9. The molecular formula is C11H16N4S. The van der Waals surface area contributed by atoms with Crippen LogP contribution in [0.15, 0.2) is 24.7 Å². The zero-order valence-corrected chi connectivity index (χ0v) is 10.4. The molecule has 16 heavy (non-hydrogen) atoms. The zero-order valence-electron chi connectivity index (χ0n) is 9.55. The van der Waals surface area contributed by atoms with E-state index in [0.717, 1.165) is 18.1 Å². The molecular weight excluding hydrogens is 220 g/mol. The third-order valence-electron chi connectivity index (χ3n) is 2.42. The van der Waals surface area contributed by atoms with Crippen molar-refractivity contribution < 1.29 is 0 Å². The van der Waals surface area contributed by atoms with Crippen LogP contribution in [0.5, 0.6) is 0 Å². The molecule has 0 spiro atoms. The Morgan fingerprint density at radius 3 is 3.06 bits per heavy atom. The summed E-state index contributed by atoms with van der Waals surface area (Å²) in [6, 6.07) is 2.30. The molecule has 0 fully saturated rings. The highest BCUT2D eigenvalue weighted by Gasteiger charge is 2.07. The molecule has 0 aliphatic rings. The van der Waals surface area contributed by atoms with Gasteiger partial charge in [-0.25, -0.2) is 4.98 Å². The SMILES string of the molecule is Cc1ncc(C(C)NCCn2cccn2)s1. The van der Waals surface area contributed by atoms with E-state index in [-0.39, 0.29) is 0 Å². The lowest BCUT2D eigenvalue weighted by atomic mass is 10.3. The van der Waals surface area contributed by atoms with Crippen LogP contribution in [0.25, 0.3) is 0 Å². The maximum absolute atomic E-state index is 4.26. The fraction of sp³-hybridized carbons (Fsp3) is 0.455. The van der Waals surface area contributed by atoms with Crippen molar-refractivity contribution in [3.63, 3.8) is 0 Å². The van der Waals surface area contributed by atoms with Gasteiger partial charge in [-0.3, -0.25) is 4.68 Å². The molecule has 0 bridgehead atoms. The molecule has 0 aliphatic heterocycles. The van der Waals surface area contributed by atoms with Crippen molar-refractivity contribution in [1.82, 2.24) is 20.1 Å². The third kappa shape index (κ3) is 2.90. The molecule has 2 rings (SSSR count). The number of hydrogen-bond donors (Lipinski definition) is 1. The smallest absolute Gasteiger partial charge is 0.0897 e. The highest BCUT2D eigenvalue weighted by Crippen LogP contribution is 2.19. The Morgan fingerprint density at radius 1 is 1.56 bits per heavy atom. The van der Waals surface area contributed by atoms with Crippen molar-refractivity contribution in [1.29, 1.82) is 0 Å². The summed E-state index contributed by atoms with van der Waals surface area (Å²) in [4.78, 5) is 5.55. The molecule has 2 heterocycles. The molecule has 0 radical (unpaired) electrons. The van der Waals surface area contributed by atoms with Crippen LogP contribution in [0.4, 0.5) is 0 Å². The maximum Gasteiger partial charge on any atom is 0.0897 e.